The van der Waals surface area contributed by atoms with E-state index in [9.17, 15) is 4.79 Å². The molecule has 0 spiro atoms. The van der Waals surface area contributed by atoms with Crippen LogP contribution in [0.1, 0.15) is 15.2 Å². The molecule has 0 saturated carbocycles. The van der Waals surface area contributed by atoms with Gasteiger partial charge in [-0.3, -0.25) is 4.79 Å². The topological polar surface area (TPSA) is 37.3 Å². The van der Waals surface area contributed by atoms with Crippen LogP contribution in [0, 0.1) is 0 Å². The zero-order valence-corrected chi connectivity index (χ0v) is 5.97. The van der Waals surface area contributed by atoms with E-state index in [0.717, 1.165) is 18.1 Å². The van der Waals surface area contributed by atoms with Gasteiger partial charge in [0.1, 0.15) is 0 Å². The maximum Gasteiger partial charge on any atom is 0.160 e. The lowest BCUT2D eigenvalue weighted by molar-refractivity contribution is 0.112. The molecule has 1 aromatic rings. The Morgan fingerprint density at radius 1 is 1.60 bits per heavy atom. The normalized spacial score (nSPS) is 10.4. The van der Waals surface area contributed by atoms with Crippen molar-refractivity contribution in [3.05, 3.63) is 28.1 Å². The fraction of sp³-hybridized carbons (Fsp3) is 0. The molecule has 1 rings (SSSR count). The van der Waals surface area contributed by atoms with E-state index in [2.05, 4.69) is 0 Å². The number of thiophene rings is 1. The van der Waals surface area contributed by atoms with E-state index in [4.69, 9.17) is 5.11 Å². The summed E-state index contributed by atoms with van der Waals surface area (Å²) in [5, 5.41) is 10.2. The van der Waals surface area contributed by atoms with Gasteiger partial charge in [-0.1, -0.05) is 0 Å². The van der Waals surface area contributed by atoms with Crippen LogP contribution < -0.4 is 0 Å². The van der Waals surface area contributed by atoms with E-state index in [1.54, 1.807) is 11.4 Å². The molecule has 1 heterocycles. The van der Waals surface area contributed by atoms with Crippen LogP contribution in [0.15, 0.2) is 17.7 Å². The fourth-order valence-electron chi connectivity index (χ4n) is 0.645. The average molecular weight is 154 g/mol. The maximum atomic E-state index is 10.3. The number of aliphatic hydroxyl groups excluding tert-OH is 1. The summed E-state index contributed by atoms with van der Waals surface area (Å²) in [6.45, 7) is 0. The van der Waals surface area contributed by atoms with E-state index in [1.807, 2.05) is 0 Å². The molecule has 0 aliphatic heterocycles. The number of hydrogen-bond acceptors (Lipinski definition) is 3. The highest BCUT2D eigenvalue weighted by Crippen LogP contribution is 2.15. The molecule has 3 heteroatoms. The van der Waals surface area contributed by atoms with Gasteiger partial charge in [0.25, 0.3) is 0 Å². The first-order valence-electron chi connectivity index (χ1n) is 2.72. The summed E-state index contributed by atoms with van der Waals surface area (Å²) in [5.74, 6) is 0. The number of aldehydes is 1. The van der Waals surface area contributed by atoms with Crippen LogP contribution in [0.2, 0.25) is 0 Å². The smallest absolute Gasteiger partial charge is 0.160 e. The van der Waals surface area contributed by atoms with Crippen molar-refractivity contribution < 1.29 is 9.90 Å². The minimum absolute atomic E-state index is 0.644. The lowest BCUT2D eigenvalue weighted by Gasteiger charge is -1.83. The van der Waals surface area contributed by atoms with Gasteiger partial charge >= 0.3 is 0 Å². The van der Waals surface area contributed by atoms with Crippen molar-refractivity contribution >= 4 is 23.7 Å². The standard InChI is InChI=1S/C7H6O2S/c8-3-1-6-2-4-10-7(6)5-9/h1-5,8H/b3-1+. The highest BCUT2D eigenvalue weighted by Gasteiger charge is 1.97. The van der Waals surface area contributed by atoms with E-state index in [-0.39, 0.29) is 0 Å². The minimum atomic E-state index is 0.644. The van der Waals surface area contributed by atoms with Crippen LogP contribution in [0.4, 0.5) is 0 Å². The van der Waals surface area contributed by atoms with Crippen LogP contribution in [0.5, 0.6) is 0 Å². The number of aliphatic hydroxyl groups is 1. The van der Waals surface area contributed by atoms with Crippen molar-refractivity contribution in [1.29, 1.82) is 0 Å². The third-order valence-electron chi connectivity index (χ3n) is 1.09. The van der Waals surface area contributed by atoms with Crippen molar-refractivity contribution in [3.63, 3.8) is 0 Å². The monoisotopic (exact) mass is 154 g/mol. The highest BCUT2D eigenvalue weighted by atomic mass is 32.1. The van der Waals surface area contributed by atoms with Gasteiger partial charge in [-0.25, -0.2) is 0 Å². The second-order valence-corrected chi connectivity index (χ2v) is 2.62. The van der Waals surface area contributed by atoms with Gasteiger partial charge in [0.05, 0.1) is 11.1 Å². The van der Waals surface area contributed by atoms with Gasteiger partial charge in [0, 0.05) is 0 Å². The molecule has 2 nitrogen and oxygen atoms in total. The van der Waals surface area contributed by atoms with Crippen molar-refractivity contribution in [1.82, 2.24) is 0 Å². The molecule has 0 amide bonds. The molecule has 0 bridgehead atoms. The summed E-state index contributed by atoms with van der Waals surface area (Å²) < 4.78 is 0. The van der Waals surface area contributed by atoms with Crippen LogP contribution in [-0.4, -0.2) is 11.4 Å². The molecule has 10 heavy (non-hydrogen) atoms. The second kappa shape index (κ2) is 3.17. The van der Waals surface area contributed by atoms with Gasteiger partial charge in [-0.2, -0.15) is 0 Å². The van der Waals surface area contributed by atoms with Crippen molar-refractivity contribution in [2.75, 3.05) is 0 Å². The Bertz CT molecular complexity index is 250. The predicted octanol–water partition coefficient (Wildman–Crippen LogP) is 2.09. The van der Waals surface area contributed by atoms with Crippen molar-refractivity contribution in [2.24, 2.45) is 0 Å². The number of carbonyl (C=O) groups is 1. The summed E-state index contributed by atoms with van der Waals surface area (Å²) in [6, 6.07) is 1.78. The number of carbonyl (C=O) groups excluding carboxylic acids is 1. The Balaban J connectivity index is 3.00. The molecule has 52 valence electrons. The summed E-state index contributed by atoms with van der Waals surface area (Å²) in [5.41, 5.74) is 0.766. The first kappa shape index (κ1) is 7.02. The summed E-state index contributed by atoms with van der Waals surface area (Å²) in [6.07, 6.45) is 3.19. The van der Waals surface area contributed by atoms with Crippen LogP contribution in [0.3, 0.4) is 0 Å². The molecule has 0 aromatic carbocycles. The Hall–Kier alpha value is -1.09. The van der Waals surface area contributed by atoms with Crippen LogP contribution in [-0.2, 0) is 0 Å². The molecule has 0 saturated heterocycles. The summed E-state index contributed by atoms with van der Waals surface area (Å²) in [4.78, 5) is 10.9. The van der Waals surface area contributed by atoms with Gasteiger partial charge in [0.15, 0.2) is 6.29 Å². The molecule has 1 aromatic heterocycles. The number of hydrogen-bond donors (Lipinski definition) is 1. The average Bonchev–Trinajstić information content (AvgIpc) is 2.36. The molecule has 0 aliphatic carbocycles. The van der Waals surface area contributed by atoms with E-state index < -0.39 is 0 Å². The SMILES string of the molecule is O=Cc1sccc1/C=C/O. The molecule has 0 aliphatic rings. The maximum absolute atomic E-state index is 10.3. The molecule has 0 radical (unpaired) electrons. The highest BCUT2D eigenvalue weighted by molar-refractivity contribution is 7.11. The quantitative estimate of drug-likeness (QED) is 0.523. The van der Waals surface area contributed by atoms with Gasteiger partial charge in [-0.15, -0.1) is 11.3 Å². The van der Waals surface area contributed by atoms with Gasteiger partial charge < -0.3 is 5.11 Å². The van der Waals surface area contributed by atoms with Crippen molar-refractivity contribution in [3.8, 4) is 0 Å². The zero-order chi connectivity index (χ0) is 7.40. The third-order valence-corrected chi connectivity index (χ3v) is 1.95. The second-order valence-electron chi connectivity index (χ2n) is 1.67. The van der Waals surface area contributed by atoms with Crippen LogP contribution in [0.25, 0.3) is 6.08 Å². The first-order valence-corrected chi connectivity index (χ1v) is 3.60. The van der Waals surface area contributed by atoms with E-state index >= 15 is 0 Å². The lowest BCUT2D eigenvalue weighted by Crippen LogP contribution is -1.74. The fourth-order valence-corrected chi connectivity index (χ4v) is 1.33. The Kier molecular flexibility index (Phi) is 2.23. The molecular weight excluding hydrogens is 148 g/mol. The Morgan fingerprint density at radius 3 is 3.00 bits per heavy atom. The van der Waals surface area contributed by atoms with Crippen molar-refractivity contribution in [2.45, 2.75) is 0 Å². The Morgan fingerprint density at radius 2 is 2.40 bits per heavy atom. The minimum Gasteiger partial charge on any atom is -0.516 e. The third kappa shape index (κ3) is 1.25. The molecular formula is C7H6O2S. The molecule has 0 atom stereocenters. The molecule has 0 fully saturated rings. The zero-order valence-electron chi connectivity index (χ0n) is 5.15. The van der Waals surface area contributed by atoms with E-state index in [0.29, 0.717) is 4.88 Å². The number of rotatable bonds is 2. The van der Waals surface area contributed by atoms with Crippen LogP contribution >= 0.6 is 11.3 Å². The Labute approximate surface area is 62.4 Å². The van der Waals surface area contributed by atoms with Gasteiger partial charge in [0.2, 0.25) is 0 Å². The lowest BCUT2D eigenvalue weighted by atomic mass is 10.3. The predicted molar refractivity (Wildman–Crippen MR) is 41.4 cm³/mol. The summed E-state index contributed by atoms with van der Waals surface area (Å²) in [7, 11) is 0. The summed E-state index contributed by atoms with van der Waals surface area (Å²) >= 11 is 1.36. The van der Waals surface area contributed by atoms with Gasteiger partial charge in [-0.05, 0) is 23.1 Å². The first-order chi connectivity index (χ1) is 4.88. The molecule has 1 N–H and O–H groups in total. The molecule has 0 unspecified atom stereocenters. The van der Waals surface area contributed by atoms with E-state index in [1.165, 1.54) is 17.4 Å². The largest absolute Gasteiger partial charge is 0.516 e.